The SMILES string of the molecule is COC(=O)C1(N)CCC(Oc2cccc(C)c2F)C1. The van der Waals surface area contributed by atoms with Crippen LogP contribution in [-0.4, -0.2) is 24.7 Å². The number of hydrogen-bond acceptors (Lipinski definition) is 4. The molecule has 1 aliphatic carbocycles. The molecule has 19 heavy (non-hydrogen) atoms. The lowest BCUT2D eigenvalue weighted by molar-refractivity contribution is -0.147. The van der Waals surface area contributed by atoms with Crippen LogP contribution in [0.4, 0.5) is 4.39 Å². The van der Waals surface area contributed by atoms with Crippen LogP contribution in [0.2, 0.25) is 0 Å². The maximum absolute atomic E-state index is 13.8. The summed E-state index contributed by atoms with van der Waals surface area (Å²) in [7, 11) is 1.31. The lowest BCUT2D eigenvalue weighted by Crippen LogP contribution is -2.47. The Hall–Kier alpha value is -1.62. The van der Waals surface area contributed by atoms with E-state index in [0.29, 0.717) is 24.8 Å². The Morgan fingerprint density at radius 1 is 1.53 bits per heavy atom. The van der Waals surface area contributed by atoms with E-state index >= 15 is 0 Å². The van der Waals surface area contributed by atoms with Gasteiger partial charge < -0.3 is 15.2 Å². The zero-order valence-corrected chi connectivity index (χ0v) is 11.1. The minimum absolute atomic E-state index is 0.208. The molecule has 0 aliphatic heterocycles. The number of halogens is 1. The zero-order valence-electron chi connectivity index (χ0n) is 11.1. The fourth-order valence-electron chi connectivity index (χ4n) is 2.41. The molecule has 2 rings (SSSR count). The third-order valence-electron chi connectivity index (χ3n) is 3.55. The van der Waals surface area contributed by atoms with Crippen molar-refractivity contribution in [3.05, 3.63) is 29.6 Å². The van der Waals surface area contributed by atoms with Crippen molar-refractivity contribution in [3.8, 4) is 5.75 Å². The number of hydrogen-bond donors (Lipinski definition) is 1. The molecule has 1 aromatic carbocycles. The molecule has 0 amide bonds. The van der Waals surface area contributed by atoms with Crippen LogP contribution in [0.3, 0.4) is 0 Å². The second-order valence-electron chi connectivity index (χ2n) is 5.02. The Balaban J connectivity index is 2.06. The molecule has 0 saturated heterocycles. The van der Waals surface area contributed by atoms with Gasteiger partial charge >= 0.3 is 5.97 Å². The Labute approximate surface area is 111 Å². The zero-order chi connectivity index (χ0) is 14.0. The van der Waals surface area contributed by atoms with Gasteiger partial charge in [-0.25, -0.2) is 4.39 Å². The van der Waals surface area contributed by atoms with Crippen LogP contribution in [0, 0.1) is 12.7 Å². The smallest absolute Gasteiger partial charge is 0.325 e. The molecule has 1 aliphatic rings. The van der Waals surface area contributed by atoms with Gasteiger partial charge in [0.1, 0.15) is 11.6 Å². The molecule has 0 radical (unpaired) electrons. The van der Waals surface area contributed by atoms with Crippen molar-refractivity contribution < 1.29 is 18.7 Å². The van der Waals surface area contributed by atoms with Crippen LogP contribution in [0.25, 0.3) is 0 Å². The van der Waals surface area contributed by atoms with E-state index in [1.165, 1.54) is 7.11 Å². The van der Waals surface area contributed by atoms with E-state index in [1.807, 2.05) is 0 Å². The fourth-order valence-corrected chi connectivity index (χ4v) is 2.41. The summed E-state index contributed by atoms with van der Waals surface area (Å²) in [5, 5.41) is 0. The number of ether oxygens (including phenoxy) is 2. The van der Waals surface area contributed by atoms with Gasteiger partial charge in [-0.2, -0.15) is 0 Å². The van der Waals surface area contributed by atoms with Crippen LogP contribution in [0.5, 0.6) is 5.75 Å². The summed E-state index contributed by atoms with van der Waals surface area (Å²) >= 11 is 0. The molecule has 0 aromatic heterocycles. The van der Waals surface area contributed by atoms with Gasteiger partial charge in [-0.3, -0.25) is 4.79 Å². The Kier molecular flexibility index (Phi) is 3.75. The van der Waals surface area contributed by atoms with Gasteiger partial charge in [-0.05, 0) is 31.4 Å². The van der Waals surface area contributed by atoms with Crippen molar-refractivity contribution in [3.63, 3.8) is 0 Å². The molecule has 2 N–H and O–H groups in total. The first-order valence-electron chi connectivity index (χ1n) is 6.25. The van der Waals surface area contributed by atoms with E-state index in [9.17, 15) is 9.18 Å². The van der Waals surface area contributed by atoms with Gasteiger partial charge in [-0.15, -0.1) is 0 Å². The molecular formula is C14H18FNO3. The average Bonchev–Trinajstić information content (AvgIpc) is 2.77. The number of rotatable bonds is 3. The van der Waals surface area contributed by atoms with Crippen LogP contribution in [-0.2, 0) is 9.53 Å². The summed E-state index contributed by atoms with van der Waals surface area (Å²) < 4.78 is 24.1. The second-order valence-corrected chi connectivity index (χ2v) is 5.02. The number of esters is 1. The predicted octanol–water partition coefficient (Wildman–Crippen LogP) is 1.94. The van der Waals surface area contributed by atoms with E-state index in [2.05, 4.69) is 4.74 Å². The third kappa shape index (κ3) is 2.71. The van der Waals surface area contributed by atoms with Crippen LogP contribution >= 0.6 is 0 Å². The number of nitrogens with two attached hydrogens (primary N) is 1. The number of carbonyl (C=O) groups excluding carboxylic acids is 1. The van der Waals surface area contributed by atoms with Gasteiger partial charge in [0.2, 0.25) is 0 Å². The van der Waals surface area contributed by atoms with Gasteiger partial charge in [0.25, 0.3) is 0 Å². The molecule has 5 heteroatoms. The van der Waals surface area contributed by atoms with Crippen molar-refractivity contribution in [2.24, 2.45) is 5.73 Å². The fraction of sp³-hybridized carbons (Fsp3) is 0.500. The molecule has 0 bridgehead atoms. The van der Waals surface area contributed by atoms with E-state index in [-0.39, 0.29) is 17.7 Å². The van der Waals surface area contributed by atoms with E-state index < -0.39 is 11.5 Å². The highest BCUT2D eigenvalue weighted by atomic mass is 19.1. The van der Waals surface area contributed by atoms with Crippen molar-refractivity contribution in [1.29, 1.82) is 0 Å². The molecule has 104 valence electrons. The molecule has 2 unspecified atom stereocenters. The van der Waals surface area contributed by atoms with E-state index in [1.54, 1.807) is 25.1 Å². The molecule has 1 saturated carbocycles. The maximum Gasteiger partial charge on any atom is 0.325 e. The molecule has 1 aromatic rings. The molecule has 0 heterocycles. The first kappa shape index (κ1) is 13.8. The average molecular weight is 267 g/mol. The van der Waals surface area contributed by atoms with Crippen molar-refractivity contribution in [2.45, 2.75) is 37.8 Å². The summed E-state index contributed by atoms with van der Waals surface area (Å²) in [4.78, 5) is 11.6. The minimum atomic E-state index is -1.01. The lowest BCUT2D eigenvalue weighted by Gasteiger charge is -2.21. The largest absolute Gasteiger partial charge is 0.487 e. The monoisotopic (exact) mass is 267 g/mol. The Morgan fingerprint density at radius 2 is 2.26 bits per heavy atom. The standard InChI is InChI=1S/C14H18FNO3/c1-9-4-3-5-11(12(9)15)19-10-6-7-14(16,8-10)13(17)18-2/h3-5,10H,6-8,16H2,1-2H3. The first-order valence-corrected chi connectivity index (χ1v) is 6.25. The van der Waals surface area contributed by atoms with Crippen molar-refractivity contribution in [2.75, 3.05) is 7.11 Å². The molecule has 0 spiro atoms. The molecule has 4 nitrogen and oxygen atoms in total. The number of carbonyl (C=O) groups is 1. The van der Waals surface area contributed by atoms with Crippen LogP contribution < -0.4 is 10.5 Å². The first-order chi connectivity index (χ1) is 8.96. The maximum atomic E-state index is 13.8. The Bertz CT molecular complexity index is 492. The summed E-state index contributed by atoms with van der Waals surface area (Å²) in [6, 6.07) is 4.99. The van der Waals surface area contributed by atoms with Gasteiger partial charge in [0.15, 0.2) is 11.6 Å². The summed E-state index contributed by atoms with van der Waals surface area (Å²) in [5.41, 5.74) is 5.49. The lowest BCUT2D eigenvalue weighted by atomic mass is 10.00. The van der Waals surface area contributed by atoms with Gasteiger partial charge in [0, 0.05) is 6.42 Å². The minimum Gasteiger partial charge on any atom is -0.487 e. The second kappa shape index (κ2) is 5.17. The van der Waals surface area contributed by atoms with Gasteiger partial charge in [0.05, 0.1) is 7.11 Å². The van der Waals surface area contributed by atoms with E-state index in [0.717, 1.165) is 0 Å². The molecule has 2 atom stereocenters. The number of benzene rings is 1. The quantitative estimate of drug-likeness (QED) is 0.850. The highest BCUT2D eigenvalue weighted by Crippen LogP contribution is 2.33. The summed E-state index contributed by atoms with van der Waals surface area (Å²) in [5.74, 6) is -0.600. The highest BCUT2D eigenvalue weighted by molar-refractivity contribution is 5.80. The normalized spacial score (nSPS) is 26.2. The Morgan fingerprint density at radius 3 is 2.95 bits per heavy atom. The molecular weight excluding hydrogens is 249 g/mol. The van der Waals surface area contributed by atoms with Crippen LogP contribution in [0.1, 0.15) is 24.8 Å². The van der Waals surface area contributed by atoms with Crippen molar-refractivity contribution in [1.82, 2.24) is 0 Å². The summed E-state index contributed by atoms with van der Waals surface area (Å²) in [6.45, 7) is 1.68. The van der Waals surface area contributed by atoms with Gasteiger partial charge in [-0.1, -0.05) is 12.1 Å². The van der Waals surface area contributed by atoms with E-state index in [4.69, 9.17) is 10.5 Å². The number of methoxy groups -OCH3 is 1. The van der Waals surface area contributed by atoms with Crippen molar-refractivity contribution >= 4 is 5.97 Å². The number of aryl methyl sites for hydroxylation is 1. The summed E-state index contributed by atoms with van der Waals surface area (Å²) in [6.07, 6.45) is 1.17. The predicted molar refractivity (Wildman–Crippen MR) is 68.3 cm³/mol. The van der Waals surface area contributed by atoms with Crippen LogP contribution in [0.15, 0.2) is 18.2 Å². The third-order valence-corrected chi connectivity index (χ3v) is 3.55. The topological polar surface area (TPSA) is 61.5 Å². The highest BCUT2D eigenvalue weighted by Gasteiger charge is 2.44. The molecule has 1 fully saturated rings.